The third-order valence-corrected chi connectivity index (χ3v) is 3.13. The van der Waals surface area contributed by atoms with Crippen LogP contribution in [0.25, 0.3) is 0 Å². The maximum absolute atomic E-state index is 5.41. The maximum atomic E-state index is 5.41. The van der Waals surface area contributed by atoms with Crippen LogP contribution in [0.15, 0.2) is 18.2 Å². The van der Waals surface area contributed by atoms with Gasteiger partial charge in [0.05, 0.1) is 13.2 Å². The summed E-state index contributed by atoms with van der Waals surface area (Å²) in [6.45, 7) is 6.04. The van der Waals surface area contributed by atoms with Gasteiger partial charge in [0, 0.05) is 11.7 Å². The Labute approximate surface area is 98.0 Å². The van der Waals surface area contributed by atoms with Crippen LogP contribution in [0, 0.1) is 0 Å². The molecule has 0 spiro atoms. The molecule has 0 aliphatic carbocycles. The zero-order valence-electron chi connectivity index (χ0n) is 10.3. The lowest BCUT2D eigenvalue weighted by molar-refractivity contribution is 0.134. The summed E-state index contributed by atoms with van der Waals surface area (Å²) < 4.78 is 5.41. The number of hydrogen-bond donors (Lipinski definition) is 1. The summed E-state index contributed by atoms with van der Waals surface area (Å²) in [5, 5.41) is 3.55. The highest BCUT2D eigenvalue weighted by atomic mass is 16.5. The molecule has 2 nitrogen and oxygen atoms in total. The Kier molecular flexibility index (Phi) is 3.83. The van der Waals surface area contributed by atoms with Crippen LogP contribution < -0.4 is 5.32 Å². The number of nitrogens with one attached hydrogen (secondary N) is 1. The Morgan fingerprint density at radius 2 is 2.12 bits per heavy atom. The van der Waals surface area contributed by atoms with Gasteiger partial charge in [-0.2, -0.15) is 0 Å². The number of rotatable bonds is 5. The van der Waals surface area contributed by atoms with Gasteiger partial charge in [-0.25, -0.2) is 0 Å². The van der Waals surface area contributed by atoms with Crippen LogP contribution in [-0.4, -0.2) is 6.04 Å². The summed E-state index contributed by atoms with van der Waals surface area (Å²) in [5.74, 6) is 0. The van der Waals surface area contributed by atoms with Crippen molar-refractivity contribution in [3.63, 3.8) is 0 Å². The van der Waals surface area contributed by atoms with Gasteiger partial charge in [0.2, 0.25) is 0 Å². The first-order valence-electron chi connectivity index (χ1n) is 6.25. The van der Waals surface area contributed by atoms with Crippen molar-refractivity contribution in [2.24, 2.45) is 0 Å². The SMILES string of the molecule is CCCCC(C)Nc1ccc2c(c1)COC2. The largest absolute Gasteiger partial charge is 0.383 e. The van der Waals surface area contributed by atoms with Crippen LogP contribution >= 0.6 is 0 Å². The topological polar surface area (TPSA) is 21.3 Å². The molecule has 1 aromatic carbocycles. The first-order valence-corrected chi connectivity index (χ1v) is 6.25. The summed E-state index contributed by atoms with van der Waals surface area (Å²) in [6, 6.07) is 7.12. The van der Waals surface area contributed by atoms with Gasteiger partial charge in [0.25, 0.3) is 0 Å². The van der Waals surface area contributed by atoms with Crippen molar-refractivity contribution >= 4 is 5.69 Å². The minimum atomic E-state index is 0.556. The molecule has 1 aliphatic rings. The molecule has 88 valence electrons. The second-order valence-electron chi connectivity index (χ2n) is 4.66. The number of anilines is 1. The second kappa shape index (κ2) is 5.35. The van der Waals surface area contributed by atoms with Crippen molar-refractivity contribution in [2.45, 2.75) is 52.4 Å². The molecular formula is C14H21NO. The van der Waals surface area contributed by atoms with Gasteiger partial charge in [-0.05, 0) is 36.6 Å². The lowest BCUT2D eigenvalue weighted by atomic mass is 10.1. The highest BCUT2D eigenvalue weighted by molar-refractivity contribution is 5.49. The minimum Gasteiger partial charge on any atom is -0.383 e. The van der Waals surface area contributed by atoms with Gasteiger partial charge < -0.3 is 10.1 Å². The van der Waals surface area contributed by atoms with Gasteiger partial charge in [-0.15, -0.1) is 0 Å². The predicted molar refractivity (Wildman–Crippen MR) is 67.5 cm³/mol. The fourth-order valence-electron chi connectivity index (χ4n) is 2.13. The molecule has 0 amide bonds. The van der Waals surface area contributed by atoms with Crippen LogP contribution in [0.5, 0.6) is 0 Å². The molecule has 1 aromatic rings. The van der Waals surface area contributed by atoms with E-state index in [9.17, 15) is 0 Å². The number of fused-ring (bicyclic) bond motifs is 1. The summed E-state index contributed by atoms with van der Waals surface area (Å²) in [4.78, 5) is 0. The van der Waals surface area contributed by atoms with Crippen molar-refractivity contribution < 1.29 is 4.74 Å². The molecular weight excluding hydrogens is 198 g/mol. The van der Waals surface area contributed by atoms with E-state index in [1.807, 2.05) is 0 Å². The van der Waals surface area contributed by atoms with E-state index < -0.39 is 0 Å². The molecule has 0 radical (unpaired) electrons. The van der Waals surface area contributed by atoms with E-state index in [1.165, 1.54) is 36.1 Å². The van der Waals surface area contributed by atoms with Gasteiger partial charge in [-0.1, -0.05) is 25.8 Å². The first kappa shape index (κ1) is 11.5. The lowest BCUT2D eigenvalue weighted by Crippen LogP contribution is -2.14. The Balaban J connectivity index is 1.94. The monoisotopic (exact) mass is 219 g/mol. The second-order valence-corrected chi connectivity index (χ2v) is 4.66. The average molecular weight is 219 g/mol. The molecule has 0 bridgehead atoms. The smallest absolute Gasteiger partial charge is 0.0725 e. The van der Waals surface area contributed by atoms with Crippen molar-refractivity contribution in [1.82, 2.24) is 0 Å². The molecule has 1 atom stereocenters. The van der Waals surface area contributed by atoms with E-state index in [0.717, 1.165) is 13.2 Å². The third kappa shape index (κ3) is 2.76. The van der Waals surface area contributed by atoms with E-state index in [2.05, 4.69) is 37.4 Å². The molecule has 0 fully saturated rings. The Morgan fingerprint density at radius 3 is 2.94 bits per heavy atom. The molecule has 1 unspecified atom stereocenters. The molecule has 0 aromatic heterocycles. The molecule has 1 N–H and O–H groups in total. The van der Waals surface area contributed by atoms with E-state index >= 15 is 0 Å². The normalized spacial score (nSPS) is 15.9. The molecule has 2 rings (SSSR count). The number of hydrogen-bond acceptors (Lipinski definition) is 2. The van der Waals surface area contributed by atoms with E-state index in [0.29, 0.717) is 6.04 Å². The van der Waals surface area contributed by atoms with Gasteiger partial charge in [0.1, 0.15) is 0 Å². The van der Waals surface area contributed by atoms with Crippen LogP contribution in [-0.2, 0) is 18.0 Å². The van der Waals surface area contributed by atoms with Gasteiger partial charge in [0.15, 0.2) is 0 Å². The quantitative estimate of drug-likeness (QED) is 0.815. The molecule has 2 heteroatoms. The zero-order chi connectivity index (χ0) is 11.4. The van der Waals surface area contributed by atoms with Crippen LogP contribution in [0.3, 0.4) is 0 Å². The Bertz CT molecular complexity index is 349. The first-order chi connectivity index (χ1) is 7.79. The van der Waals surface area contributed by atoms with Crippen LogP contribution in [0.1, 0.15) is 44.2 Å². The van der Waals surface area contributed by atoms with E-state index in [4.69, 9.17) is 4.74 Å². The molecule has 16 heavy (non-hydrogen) atoms. The van der Waals surface area contributed by atoms with Crippen LogP contribution in [0.2, 0.25) is 0 Å². The maximum Gasteiger partial charge on any atom is 0.0725 e. The Hall–Kier alpha value is -1.02. The standard InChI is InChI=1S/C14H21NO/c1-3-4-5-11(2)15-14-7-6-12-9-16-10-13(12)8-14/h6-8,11,15H,3-5,9-10H2,1-2H3. The highest BCUT2D eigenvalue weighted by Gasteiger charge is 2.11. The highest BCUT2D eigenvalue weighted by Crippen LogP contribution is 2.23. The predicted octanol–water partition coefficient (Wildman–Crippen LogP) is 3.71. The van der Waals surface area contributed by atoms with Crippen molar-refractivity contribution in [1.29, 1.82) is 0 Å². The zero-order valence-corrected chi connectivity index (χ0v) is 10.3. The Morgan fingerprint density at radius 1 is 1.31 bits per heavy atom. The van der Waals surface area contributed by atoms with Crippen molar-refractivity contribution in [2.75, 3.05) is 5.32 Å². The summed E-state index contributed by atoms with van der Waals surface area (Å²) in [6.07, 6.45) is 3.80. The summed E-state index contributed by atoms with van der Waals surface area (Å²) in [7, 11) is 0. The van der Waals surface area contributed by atoms with Crippen molar-refractivity contribution in [3.8, 4) is 0 Å². The molecule has 1 heterocycles. The van der Waals surface area contributed by atoms with E-state index in [-0.39, 0.29) is 0 Å². The van der Waals surface area contributed by atoms with E-state index in [1.54, 1.807) is 0 Å². The van der Waals surface area contributed by atoms with Gasteiger partial charge in [-0.3, -0.25) is 0 Å². The van der Waals surface area contributed by atoms with Crippen molar-refractivity contribution in [3.05, 3.63) is 29.3 Å². The number of ether oxygens (including phenoxy) is 1. The minimum absolute atomic E-state index is 0.556. The molecule has 0 saturated heterocycles. The van der Waals surface area contributed by atoms with Crippen LogP contribution in [0.4, 0.5) is 5.69 Å². The molecule has 1 aliphatic heterocycles. The fourth-order valence-corrected chi connectivity index (χ4v) is 2.13. The number of unbranched alkanes of at least 4 members (excludes halogenated alkanes) is 1. The summed E-state index contributed by atoms with van der Waals surface area (Å²) in [5.41, 5.74) is 3.91. The molecule has 0 saturated carbocycles. The fraction of sp³-hybridized carbons (Fsp3) is 0.571. The summed E-state index contributed by atoms with van der Waals surface area (Å²) >= 11 is 0. The number of benzene rings is 1. The lowest BCUT2D eigenvalue weighted by Gasteiger charge is -2.15. The average Bonchev–Trinajstić information content (AvgIpc) is 2.73. The van der Waals surface area contributed by atoms with Gasteiger partial charge >= 0.3 is 0 Å². The third-order valence-electron chi connectivity index (χ3n) is 3.13.